The molecule has 2 heterocycles. The molecule has 0 radical (unpaired) electrons. The van der Waals surface area contributed by atoms with Crippen LogP contribution in [0.2, 0.25) is 0 Å². The number of nitrogens with one attached hydrogen (secondary N) is 1. The lowest BCUT2D eigenvalue weighted by molar-refractivity contribution is 0.374. The van der Waals surface area contributed by atoms with E-state index in [1.807, 2.05) is 6.20 Å². The normalized spacial score (nSPS) is 13.3. The van der Waals surface area contributed by atoms with Crippen molar-refractivity contribution < 1.29 is 0 Å². The van der Waals surface area contributed by atoms with E-state index in [1.165, 1.54) is 23.1 Å². The number of hydrogen-bond donors (Lipinski definition) is 2. The standard InChI is InChI=1S/C14H21N3S/c1-3-10(4-2)7-13(17-15)11-8-14-12(16-9-11)5-6-18-14/h5-6,8-10,13,17H,3-4,7,15H2,1-2H3. The molecule has 0 aliphatic carbocycles. The summed E-state index contributed by atoms with van der Waals surface area (Å²) in [7, 11) is 0. The van der Waals surface area contributed by atoms with Gasteiger partial charge < -0.3 is 0 Å². The number of hydrazine groups is 1. The minimum absolute atomic E-state index is 0.203. The summed E-state index contributed by atoms with van der Waals surface area (Å²) >= 11 is 1.73. The van der Waals surface area contributed by atoms with Gasteiger partial charge in [-0.15, -0.1) is 11.3 Å². The molecule has 3 N–H and O–H groups in total. The third kappa shape index (κ3) is 2.88. The molecular weight excluding hydrogens is 242 g/mol. The van der Waals surface area contributed by atoms with Crippen molar-refractivity contribution in [1.82, 2.24) is 10.4 Å². The summed E-state index contributed by atoms with van der Waals surface area (Å²) in [6, 6.07) is 4.46. The molecule has 0 spiro atoms. The van der Waals surface area contributed by atoms with Gasteiger partial charge in [0.1, 0.15) is 0 Å². The van der Waals surface area contributed by atoms with E-state index < -0.39 is 0 Å². The van der Waals surface area contributed by atoms with E-state index in [0.29, 0.717) is 5.92 Å². The van der Waals surface area contributed by atoms with Crippen LogP contribution in [0, 0.1) is 5.92 Å². The van der Waals surface area contributed by atoms with Crippen LogP contribution in [-0.2, 0) is 0 Å². The lowest BCUT2D eigenvalue weighted by Gasteiger charge is -2.21. The van der Waals surface area contributed by atoms with Crippen LogP contribution in [0.5, 0.6) is 0 Å². The third-order valence-electron chi connectivity index (χ3n) is 3.65. The van der Waals surface area contributed by atoms with Crippen LogP contribution in [0.25, 0.3) is 10.2 Å². The van der Waals surface area contributed by atoms with Gasteiger partial charge in [0.25, 0.3) is 0 Å². The minimum Gasteiger partial charge on any atom is -0.271 e. The van der Waals surface area contributed by atoms with Gasteiger partial charge in [-0.25, -0.2) is 0 Å². The fourth-order valence-corrected chi connectivity index (χ4v) is 3.10. The maximum atomic E-state index is 5.71. The van der Waals surface area contributed by atoms with Crippen molar-refractivity contribution in [3.63, 3.8) is 0 Å². The first kappa shape index (κ1) is 13.5. The molecule has 0 aromatic carbocycles. The predicted molar refractivity (Wildman–Crippen MR) is 78.4 cm³/mol. The van der Waals surface area contributed by atoms with Crippen LogP contribution in [0.1, 0.15) is 44.7 Å². The summed E-state index contributed by atoms with van der Waals surface area (Å²) in [6.07, 6.45) is 5.41. The molecular formula is C14H21N3S. The highest BCUT2D eigenvalue weighted by Crippen LogP contribution is 2.27. The Morgan fingerprint density at radius 1 is 1.39 bits per heavy atom. The lowest BCUT2D eigenvalue weighted by atomic mass is 9.92. The van der Waals surface area contributed by atoms with E-state index in [9.17, 15) is 0 Å². The molecule has 3 nitrogen and oxygen atoms in total. The average molecular weight is 263 g/mol. The quantitative estimate of drug-likeness (QED) is 0.618. The molecule has 4 heteroatoms. The summed E-state index contributed by atoms with van der Waals surface area (Å²) in [5.74, 6) is 6.42. The van der Waals surface area contributed by atoms with Crippen LogP contribution < -0.4 is 11.3 Å². The van der Waals surface area contributed by atoms with Gasteiger partial charge in [-0.3, -0.25) is 16.3 Å². The molecule has 0 fully saturated rings. The van der Waals surface area contributed by atoms with Crippen LogP contribution in [0.4, 0.5) is 0 Å². The molecule has 0 saturated heterocycles. The van der Waals surface area contributed by atoms with Gasteiger partial charge in [0.05, 0.1) is 10.2 Å². The Hall–Kier alpha value is -0.970. The second-order valence-corrected chi connectivity index (χ2v) is 5.66. The molecule has 0 aliphatic rings. The van der Waals surface area contributed by atoms with Gasteiger partial charge in [-0.05, 0) is 35.4 Å². The van der Waals surface area contributed by atoms with Crippen LogP contribution in [0.15, 0.2) is 23.7 Å². The van der Waals surface area contributed by atoms with E-state index in [0.717, 1.165) is 11.9 Å². The van der Waals surface area contributed by atoms with Crippen molar-refractivity contribution in [1.29, 1.82) is 0 Å². The number of thiophene rings is 1. The largest absolute Gasteiger partial charge is 0.271 e. The van der Waals surface area contributed by atoms with E-state index in [4.69, 9.17) is 5.84 Å². The number of rotatable bonds is 6. The number of nitrogens with zero attached hydrogens (tertiary/aromatic N) is 1. The summed E-state index contributed by atoms with van der Waals surface area (Å²) in [6.45, 7) is 4.48. The number of nitrogens with two attached hydrogens (primary N) is 1. The van der Waals surface area contributed by atoms with Crippen LogP contribution >= 0.6 is 11.3 Å². The first-order valence-electron chi connectivity index (χ1n) is 6.57. The smallest absolute Gasteiger partial charge is 0.0809 e. The monoisotopic (exact) mass is 263 g/mol. The van der Waals surface area contributed by atoms with E-state index in [2.05, 4.69) is 41.8 Å². The molecule has 1 atom stereocenters. The zero-order valence-electron chi connectivity index (χ0n) is 11.0. The fourth-order valence-electron chi connectivity index (χ4n) is 2.31. The molecule has 98 valence electrons. The number of fused-ring (bicyclic) bond motifs is 1. The number of pyridine rings is 1. The highest BCUT2D eigenvalue weighted by Gasteiger charge is 2.15. The molecule has 2 aromatic rings. The average Bonchev–Trinajstić information content (AvgIpc) is 2.87. The van der Waals surface area contributed by atoms with E-state index in [1.54, 1.807) is 11.3 Å². The summed E-state index contributed by atoms with van der Waals surface area (Å²) in [5.41, 5.74) is 5.20. The molecule has 2 rings (SSSR count). The Kier molecular flexibility index (Phi) is 4.69. The van der Waals surface area contributed by atoms with Crippen LogP contribution in [0.3, 0.4) is 0 Å². The first-order chi connectivity index (χ1) is 8.78. The van der Waals surface area contributed by atoms with Crippen molar-refractivity contribution >= 4 is 21.6 Å². The molecule has 0 amide bonds. The molecule has 18 heavy (non-hydrogen) atoms. The van der Waals surface area contributed by atoms with Gasteiger partial charge in [-0.2, -0.15) is 0 Å². The van der Waals surface area contributed by atoms with Gasteiger partial charge in [0, 0.05) is 12.2 Å². The second kappa shape index (κ2) is 6.27. The molecule has 0 bridgehead atoms. The Morgan fingerprint density at radius 3 is 2.83 bits per heavy atom. The molecule has 1 unspecified atom stereocenters. The van der Waals surface area contributed by atoms with Crippen molar-refractivity contribution in [2.45, 2.75) is 39.2 Å². The van der Waals surface area contributed by atoms with Crippen molar-refractivity contribution in [3.05, 3.63) is 29.3 Å². The summed E-state index contributed by atoms with van der Waals surface area (Å²) in [4.78, 5) is 4.48. The van der Waals surface area contributed by atoms with E-state index in [-0.39, 0.29) is 6.04 Å². The third-order valence-corrected chi connectivity index (χ3v) is 4.50. The minimum atomic E-state index is 0.203. The first-order valence-corrected chi connectivity index (χ1v) is 7.45. The van der Waals surface area contributed by atoms with Crippen molar-refractivity contribution in [2.75, 3.05) is 0 Å². The molecule has 0 saturated carbocycles. The Bertz CT molecular complexity index is 490. The van der Waals surface area contributed by atoms with Gasteiger partial charge in [0.2, 0.25) is 0 Å². The van der Waals surface area contributed by atoms with Gasteiger partial charge in [0.15, 0.2) is 0 Å². The highest BCUT2D eigenvalue weighted by molar-refractivity contribution is 7.17. The zero-order chi connectivity index (χ0) is 13.0. The second-order valence-electron chi connectivity index (χ2n) is 4.71. The van der Waals surface area contributed by atoms with Gasteiger partial charge >= 0.3 is 0 Å². The van der Waals surface area contributed by atoms with Crippen LogP contribution in [-0.4, -0.2) is 4.98 Å². The van der Waals surface area contributed by atoms with Crippen molar-refractivity contribution in [3.8, 4) is 0 Å². The maximum Gasteiger partial charge on any atom is 0.0809 e. The predicted octanol–water partition coefficient (Wildman–Crippen LogP) is 3.63. The van der Waals surface area contributed by atoms with E-state index >= 15 is 0 Å². The molecule has 0 aliphatic heterocycles. The topological polar surface area (TPSA) is 50.9 Å². The maximum absolute atomic E-state index is 5.71. The number of aromatic nitrogens is 1. The Morgan fingerprint density at radius 2 is 2.17 bits per heavy atom. The Balaban J connectivity index is 2.20. The summed E-state index contributed by atoms with van der Waals surface area (Å²) in [5, 5.41) is 2.08. The Labute approximate surface area is 112 Å². The SMILES string of the molecule is CCC(CC)CC(NN)c1cnc2ccsc2c1. The lowest BCUT2D eigenvalue weighted by Crippen LogP contribution is -2.29. The fraction of sp³-hybridized carbons (Fsp3) is 0.500. The molecule has 2 aromatic heterocycles. The van der Waals surface area contributed by atoms with Crippen molar-refractivity contribution in [2.24, 2.45) is 11.8 Å². The zero-order valence-corrected chi connectivity index (χ0v) is 11.8. The highest BCUT2D eigenvalue weighted by atomic mass is 32.1. The number of hydrogen-bond acceptors (Lipinski definition) is 4. The van der Waals surface area contributed by atoms with Gasteiger partial charge in [-0.1, -0.05) is 26.7 Å². The summed E-state index contributed by atoms with van der Waals surface area (Å²) < 4.78 is 1.23.